The third-order valence-corrected chi connectivity index (χ3v) is 11.5. The van der Waals surface area contributed by atoms with E-state index in [1.807, 2.05) is 0 Å². The van der Waals surface area contributed by atoms with Crippen LogP contribution in [-0.2, 0) is 0 Å². The zero-order valence-electron chi connectivity index (χ0n) is 26.9. The zero-order chi connectivity index (χ0) is 32.3. The maximum absolute atomic E-state index is 13.7. The zero-order valence-corrected chi connectivity index (χ0v) is 26.9. The second-order valence-corrected chi connectivity index (χ2v) is 14.5. The predicted molar refractivity (Wildman–Crippen MR) is 162 cm³/mol. The third-order valence-electron chi connectivity index (χ3n) is 11.5. The molecule has 8 heteroatoms. The summed E-state index contributed by atoms with van der Waals surface area (Å²) in [6, 6.07) is 0. The lowest BCUT2D eigenvalue weighted by molar-refractivity contribution is -0.112. The van der Waals surface area contributed by atoms with E-state index in [-0.39, 0.29) is 5.92 Å². The van der Waals surface area contributed by atoms with Gasteiger partial charge < -0.3 is 0 Å². The lowest BCUT2D eigenvalue weighted by atomic mass is 9.68. The van der Waals surface area contributed by atoms with Crippen LogP contribution in [0.1, 0.15) is 142 Å². The maximum Gasteiger partial charge on any atom is 0.445 e. The molecule has 0 heterocycles. The van der Waals surface area contributed by atoms with Gasteiger partial charge in [-0.05, 0) is 118 Å². The number of hydrogen-bond acceptors (Lipinski definition) is 0. The van der Waals surface area contributed by atoms with Crippen molar-refractivity contribution in [2.24, 2.45) is 47.3 Å². The van der Waals surface area contributed by atoms with Crippen LogP contribution < -0.4 is 0 Å². The molecule has 0 atom stereocenters. The second-order valence-electron chi connectivity index (χ2n) is 14.5. The van der Waals surface area contributed by atoms with Crippen molar-refractivity contribution in [2.45, 2.75) is 155 Å². The molecule has 4 aliphatic rings. The van der Waals surface area contributed by atoms with E-state index in [0.29, 0.717) is 30.8 Å². The topological polar surface area (TPSA) is 0 Å². The van der Waals surface area contributed by atoms with Crippen LogP contribution in [0.5, 0.6) is 0 Å². The van der Waals surface area contributed by atoms with Gasteiger partial charge in [0.1, 0.15) is 5.83 Å². The van der Waals surface area contributed by atoms with Crippen LogP contribution in [0, 0.1) is 47.3 Å². The summed E-state index contributed by atoms with van der Waals surface area (Å²) in [5.74, 6) is -0.328. The van der Waals surface area contributed by atoms with Crippen molar-refractivity contribution < 1.29 is 35.1 Å². The molecule has 0 bridgehead atoms. The molecule has 0 unspecified atom stereocenters. The Morgan fingerprint density at radius 1 is 0.545 bits per heavy atom. The Morgan fingerprint density at radius 2 is 0.909 bits per heavy atom. The van der Waals surface area contributed by atoms with Crippen molar-refractivity contribution in [1.29, 1.82) is 0 Å². The van der Waals surface area contributed by atoms with Crippen molar-refractivity contribution >= 4 is 0 Å². The number of allylic oxidation sites excluding steroid dienone is 4. The number of halogens is 8. The summed E-state index contributed by atoms with van der Waals surface area (Å²) in [5.41, 5.74) is 0. The number of rotatable bonds is 8. The van der Waals surface area contributed by atoms with E-state index in [9.17, 15) is 35.1 Å². The minimum atomic E-state index is -5.20. The molecule has 44 heavy (non-hydrogen) atoms. The average molecular weight is 641 g/mol. The molecule has 4 rings (SSSR count). The first kappa shape index (κ1) is 37.4. The fraction of sp³-hybridized carbons (Fsp3) is 0.889. The van der Waals surface area contributed by atoms with Gasteiger partial charge in [0.15, 0.2) is 0 Å². The summed E-state index contributed by atoms with van der Waals surface area (Å²) in [6.45, 7) is 4.47. The predicted octanol–water partition coefficient (Wildman–Crippen LogP) is 13.6. The van der Waals surface area contributed by atoms with Crippen LogP contribution >= 0.6 is 0 Å². The Hall–Kier alpha value is -1.08. The number of hydrogen-bond donors (Lipinski definition) is 0. The van der Waals surface area contributed by atoms with E-state index in [2.05, 4.69) is 13.8 Å². The van der Waals surface area contributed by atoms with E-state index < -0.39 is 29.9 Å². The Bertz CT molecular complexity index is 856. The molecule has 256 valence electrons. The van der Waals surface area contributed by atoms with Gasteiger partial charge in [-0.3, -0.25) is 0 Å². The standard InChI is InChI=1S/C18H27F5.C18H29F3/c1-2-3-12-4-6-13(7-5-12)14-8-10-15(11-9-14)16(19)17(20)18(21,22)23;1-2-3-14-4-8-16(9-5-14)17-10-6-15(7-11-17)12-13-18(19,20)21/h12-15H,2-11H2,1H3;12-17H,2-11H2,1H3/b17-16+;13-12+. The van der Waals surface area contributed by atoms with E-state index >= 15 is 0 Å². The highest BCUT2D eigenvalue weighted by Gasteiger charge is 2.41. The smallest absolute Gasteiger partial charge is 0.208 e. The molecule has 0 spiro atoms. The SMILES string of the molecule is CCCC1CCC(C2CCC(/C(F)=C(\F)C(F)(F)F)CC2)CC1.CCCC1CCC(C2CCC(/C=C/C(F)(F)F)CC2)CC1. The van der Waals surface area contributed by atoms with E-state index in [0.717, 1.165) is 62.2 Å². The van der Waals surface area contributed by atoms with Crippen molar-refractivity contribution in [2.75, 3.05) is 0 Å². The molecule has 0 aromatic rings. The van der Waals surface area contributed by atoms with E-state index in [1.54, 1.807) is 0 Å². The summed E-state index contributed by atoms with van der Waals surface area (Å²) in [4.78, 5) is 0. The molecule has 0 aliphatic heterocycles. The third kappa shape index (κ3) is 12.3. The van der Waals surface area contributed by atoms with Crippen molar-refractivity contribution in [3.05, 3.63) is 23.8 Å². The Morgan fingerprint density at radius 3 is 1.25 bits per heavy atom. The Kier molecular flexibility index (Phi) is 15.1. The highest BCUT2D eigenvalue weighted by molar-refractivity contribution is 5.10. The van der Waals surface area contributed by atoms with Crippen LogP contribution in [0.2, 0.25) is 0 Å². The summed E-state index contributed by atoms with van der Waals surface area (Å²) in [7, 11) is 0. The molecular weight excluding hydrogens is 584 g/mol. The minimum Gasteiger partial charge on any atom is -0.208 e. The maximum atomic E-state index is 13.7. The molecule has 0 N–H and O–H groups in total. The molecule has 4 aliphatic carbocycles. The molecular formula is C36H56F8. The highest BCUT2D eigenvalue weighted by atomic mass is 19.4. The fourth-order valence-corrected chi connectivity index (χ4v) is 8.93. The van der Waals surface area contributed by atoms with E-state index in [4.69, 9.17) is 0 Å². The van der Waals surface area contributed by atoms with Crippen LogP contribution in [0.25, 0.3) is 0 Å². The Balaban J connectivity index is 0.000000241. The summed E-state index contributed by atoms with van der Waals surface area (Å²) in [6.07, 6.45) is 14.3. The number of alkyl halides is 6. The van der Waals surface area contributed by atoms with Crippen LogP contribution in [0.4, 0.5) is 35.1 Å². The monoisotopic (exact) mass is 640 g/mol. The Labute approximate surface area is 260 Å². The lowest BCUT2D eigenvalue weighted by Gasteiger charge is -2.37. The van der Waals surface area contributed by atoms with Crippen LogP contribution in [-0.4, -0.2) is 12.4 Å². The molecule has 0 amide bonds. The van der Waals surface area contributed by atoms with Gasteiger partial charge in [0, 0.05) is 12.0 Å². The molecule has 0 aromatic carbocycles. The van der Waals surface area contributed by atoms with Gasteiger partial charge in [-0.2, -0.15) is 30.7 Å². The largest absolute Gasteiger partial charge is 0.445 e. The lowest BCUT2D eigenvalue weighted by Crippen LogP contribution is -2.26. The molecule has 0 aromatic heterocycles. The van der Waals surface area contributed by atoms with Gasteiger partial charge in [-0.15, -0.1) is 0 Å². The van der Waals surface area contributed by atoms with Crippen molar-refractivity contribution in [3.8, 4) is 0 Å². The molecule has 0 saturated heterocycles. The van der Waals surface area contributed by atoms with Crippen molar-refractivity contribution in [3.63, 3.8) is 0 Å². The van der Waals surface area contributed by atoms with Gasteiger partial charge in [0.05, 0.1) is 0 Å². The van der Waals surface area contributed by atoms with Crippen molar-refractivity contribution in [1.82, 2.24) is 0 Å². The van der Waals surface area contributed by atoms with Gasteiger partial charge in [0.25, 0.3) is 0 Å². The van der Waals surface area contributed by atoms with Gasteiger partial charge in [0.2, 0.25) is 5.83 Å². The average Bonchev–Trinajstić information content (AvgIpc) is 3.00. The minimum absolute atomic E-state index is 0.152. The summed E-state index contributed by atoms with van der Waals surface area (Å²) < 4.78 is 100. The first-order valence-corrected chi connectivity index (χ1v) is 17.7. The van der Waals surface area contributed by atoms with E-state index in [1.165, 1.54) is 83.1 Å². The second kappa shape index (κ2) is 17.7. The fourth-order valence-electron chi connectivity index (χ4n) is 8.93. The molecule has 4 saturated carbocycles. The van der Waals surface area contributed by atoms with Crippen LogP contribution in [0.15, 0.2) is 23.8 Å². The first-order valence-electron chi connectivity index (χ1n) is 17.7. The molecule has 0 nitrogen and oxygen atoms in total. The summed E-state index contributed by atoms with van der Waals surface area (Å²) >= 11 is 0. The van der Waals surface area contributed by atoms with Gasteiger partial charge in [-0.1, -0.05) is 71.3 Å². The molecule has 0 radical (unpaired) electrons. The highest BCUT2D eigenvalue weighted by Crippen LogP contribution is 2.46. The van der Waals surface area contributed by atoms with Gasteiger partial charge >= 0.3 is 12.4 Å². The molecule has 4 fully saturated rings. The van der Waals surface area contributed by atoms with Gasteiger partial charge in [-0.25, -0.2) is 4.39 Å². The summed E-state index contributed by atoms with van der Waals surface area (Å²) in [5, 5.41) is 0. The quantitative estimate of drug-likeness (QED) is 0.183. The normalized spacial score (nSPS) is 34.7. The first-order chi connectivity index (χ1) is 20.8. The van der Waals surface area contributed by atoms with Crippen LogP contribution in [0.3, 0.4) is 0 Å².